The van der Waals surface area contributed by atoms with E-state index in [4.69, 9.17) is 10.5 Å². The average Bonchev–Trinajstić information content (AvgIpc) is 3.19. The number of amides is 2. The third kappa shape index (κ3) is 3.79. The molecule has 0 radical (unpaired) electrons. The molecule has 1 aliphatic carbocycles. The van der Waals surface area contributed by atoms with E-state index in [1.54, 1.807) is 19.1 Å². The van der Waals surface area contributed by atoms with Gasteiger partial charge in [-0.15, -0.1) is 23.1 Å². The first kappa shape index (κ1) is 20.0. The molecule has 0 spiro atoms. The Bertz CT molecular complexity index is 985. The first-order valence-corrected chi connectivity index (χ1v) is 11.4. The van der Waals surface area contributed by atoms with Crippen LogP contribution in [0.4, 0.5) is 10.7 Å². The second-order valence-corrected chi connectivity index (χ2v) is 9.42. The van der Waals surface area contributed by atoms with Gasteiger partial charge in [-0.2, -0.15) is 0 Å². The van der Waals surface area contributed by atoms with Gasteiger partial charge in [0.25, 0.3) is 0 Å². The van der Waals surface area contributed by atoms with Crippen LogP contribution in [-0.4, -0.2) is 29.6 Å². The van der Waals surface area contributed by atoms with Crippen molar-refractivity contribution in [3.63, 3.8) is 0 Å². The van der Waals surface area contributed by atoms with E-state index in [-0.39, 0.29) is 24.8 Å². The van der Waals surface area contributed by atoms with Gasteiger partial charge in [0.05, 0.1) is 17.4 Å². The van der Waals surface area contributed by atoms with Crippen LogP contribution in [0.25, 0.3) is 0 Å². The van der Waals surface area contributed by atoms with Gasteiger partial charge < -0.3 is 10.5 Å². The fourth-order valence-corrected chi connectivity index (χ4v) is 6.31. The molecular weight excluding hydrogens is 408 g/mol. The van der Waals surface area contributed by atoms with Crippen molar-refractivity contribution >= 4 is 51.6 Å². The molecule has 8 heteroatoms. The third-order valence-electron chi connectivity index (χ3n) is 5.08. The van der Waals surface area contributed by atoms with E-state index in [2.05, 4.69) is 0 Å². The summed E-state index contributed by atoms with van der Waals surface area (Å²) in [6.45, 7) is 2.00. The summed E-state index contributed by atoms with van der Waals surface area (Å²) in [7, 11) is 0. The van der Waals surface area contributed by atoms with Gasteiger partial charge in [-0.1, -0.05) is 6.07 Å². The zero-order valence-corrected chi connectivity index (χ0v) is 17.7. The van der Waals surface area contributed by atoms with E-state index in [0.29, 0.717) is 16.3 Å². The number of anilines is 2. The minimum absolute atomic E-state index is 0.100. The van der Waals surface area contributed by atoms with E-state index in [1.165, 1.54) is 28.0 Å². The highest BCUT2D eigenvalue weighted by molar-refractivity contribution is 8.00. The molecular formula is C21H22N2O4S2. The van der Waals surface area contributed by atoms with E-state index in [9.17, 15) is 14.4 Å². The molecule has 152 valence electrons. The lowest BCUT2D eigenvalue weighted by Gasteiger charge is -2.16. The predicted octanol–water partition coefficient (Wildman–Crippen LogP) is 3.81. The molecule has 1 unspecified atom stereocenters. The number of thioether (sulfide) groups is 1. The maximum Gasteiger partial charge on any atom is 0.341 e. The number of carbonyl (C=O) groups is 3. The lowest BCUT2D eigenvalue weighted by Crippen LogP contribution is -2.32. The maximum absolute atomic E-state index is 13.2. The first-order valence-electron chi connectivity index (χ1n) is 9.70. The van der Waals surface area contributed by atoms with Crippen LogP contribution in [0.1, 0.15) is 47.0 Å². The van der Waals surface area contributed by atoms with Crippen LogP contribution in [0.3, 0.4) is 0 Å². The number of benzene rings is 1. The van der Waals surface area contributed by atoms with Gasteiger partial charge >= 0.3 is 5.97 Å². The topological polar surface area (TPSA) is 89.7 Å². The van der Waals surface area contributed by atoms with Crippen molar-refractivity contribution in [2.24, 2.45) is 0 Å². The second kappa shape index (κ2) is 8.20. The van der Waals surface area contributed by atoms with Gasteiger partial charge in [0, 0.05) is 21.9 Å². The minimum Gasteiger partial charge on any atom is -0.462 e. The van der Waals surface area contributed by atoms with Crippen LogP contribution in [0.15, 0.2) is 29.2 Å². The number of imide groups is 1. The van der Waals surface area contributed by atoms with E-state index < -0.39 is 11.2 Å². The molecule has 2 aromatic rings. The maximum atomic E-state index is 13.2. The van der Waals surface area contributed by atoms with E-state index >= 15 is 0 Å². The first-order chi connectivity index (χ1) is 14.0. The van der Waals surface area contributed by atoms with Crippen LogP contribution in [-0.2, 0) is 27.2 Å². The number of thiophene rings is 1. The number of esters is 1. The molecule has 1 atom stereocenters. The van der Waals surface area contributed by atoms with Gasteiger partial charge in [0.2, 0.25) is 11.8 Å². The van der Waals surface area contributed by atoms with Crippen LogP contribution >= 0.6 is 23.1 Å². The largest absolute Gasteiger partial charge is 0.462 e. The SMILES string of the molecule is CCOC(=O)c1c(N2C(=O)CC(Sc3cccc(N)c3)C2=O)sc2c1CCCC2. The van der Waals surface area contributed by atoms with Crippen molar-refractivity contribution in [3.8, 4) is 0 Å². The molecule has 1 aliphatic heterocycles. The van der Waals surface area contributed by atoms with Crippen molar-refractivity contribution in [1.29, 1.82) is 0 Å². The summed E-state index contributed by atoms with van der Waals surface area (Å²) in [5.74, 6) is -1.01. The highest BCUT2D eigenvalue weighted by Gasteiger charge is 2.43. The van der Waals surface area contributed by atoms with Gasteiger partial charge in [-0.25, -0.2) is 9.69 Å². The molecule has 1 fully saturated rings. The Morgan fingerprint density at radius 3 is 2.86 bits per heavy atom. The number of fused-ring (bicyclic) bond motifs is 1. The molecule has 2 N–H and O–H groups in total. The molecule has 1 aromatic carbocycles. The van der Waals surface area contributed by atoms with E-state index in [0.717, 1.165) is 41.0 Å². The fourth-order valence-electron chi connectivity index (χ4n) is 3.78. The van der Waals surface area contributed by atoms with E-state index in [1.807, 2.05) is 12.1 Å². The molecule has 0 saturated carbocycles. The van der Waals surface area contributed by atoms with Gasteiger partial charge in [0.15, 0.2) is 0 Å². The Morgan fingerprint density at radius 1 is 1.31 bits per heavy atom. The Hall–Kier alpha value is -2.32. The van der Waals surface area contributed by atoms with Crippen LogP contribution < -0.4 is 10.6 Å². The predicted molar refractivity (Wildman–Crippen MR) is 115 cm³/mol. The number of rotatable bonds is 5. The van der Waals surface area contributed by atoms with Crippen molar-refractivity contribution in [1.82, 2.24) is 0 Å². The number of carbonyl (C=O) groups excluding carboxylic acids is 3. The second-order valence-electron chi connectivity index (χ2n) is 7.06. The fraction of sp³-hybridized carbons (Fsp3) is 0.381. The number of hydrogen-bond donors (Lipinski definition) is 1. The molecule has 2 aliphatic rings. The van der Waals surface area contributed by atoms with Crippen molar-refractivity contribution < 1.29 is 19.1 Å². The highest BCUT2D eigenvalue weighted by atomic mass is 32.2. The Kier molecular flexibility index (Phi) is 5.65. The summed E-state index contributed by atoms with van der Waals surface area (Å²) in [5, 5.41) is -0.0977. The standard InChI is InChI=1S/C21H22N2O4S2/c1-2-27-21(26)18-14-8-3-4-9-15(14)29-20(18)23-17(24)11-16(19(23)25)28-13-7-5-6-12(22)10-13/h5-7,10,16H,2-4,8-9,11,22H2,1H3. The summed E-state index contributed by atoms with van der Waals surface area (Å²) in [6, 6.07) is 7.26. The Morgan fingerprint density at radius 2 is 2.10 bits per heavy atom. The molecule has 2 amide bonds. The molecule has 4 rings (SSSR count). The molecule has 1 aromatic heterocycles. The number of nitrogens with two attached hydrogens (primary N) is 1. The molecule has 29 heavy (non-hydrogen) atoms. The summed E-state index contributed by atoms with van der Waals surface area (Å²) < 4.78 is 5.26. The van der Waals surface area contributed by atoms with Crippen LogP contribution in [0.2, 0.25) is 0 Å². The van der Waals surface area contributed by atoms with Gasteiger partial charge in [0.1, 0.15) is 5.00 Å². The smallest absolute Gasteiger partial charge is 0.341 e. The molecule has 2 heterocycles. The number of nitrogens with zero attached hydrogens (tertiary/aromatic N) is 1. The zero-order chi connectivity index (χ0) is 20.5. The van der Waals surface area contributed by atoms with Crippen LogP contribution in [0, 0.1) is 0 Å². The highest BCUT2D eigenvalue weighted by Crippen LogP contribution is 2.44. The minimum atomic E-state index is -0.529. The quantitative estimate of drug-likeness (QED) is 0.441. The van der Waals surface area contributed by atoms with Crippen LogP contribution in [0.5, 0.6) is 0 Å². The molecule has 6 nitrogen and oxygen atoms in total. The summed E-state index contributed by atoms with van der Waals surface area (Å²) in [6.07, 6.45) is 3.78. The zero-order valence-electron chi connectivity index (χ0n) is 16.1. The molecule has 0 bridgehead atoms. The lowest BCUT2D eigenvalue weighted by molar-refractivity contribution is -0.121. The monoisotopic (exact) mass is 430 g/mol. The summed E-state index contributed by atoms with van der Waals surface area (Å²) in [4.78, 5) is 41.8. The van der Waals surface area contributed by atoms with Crippen molar-refractivity contribution in [3.05, 3.63) is 40.3 Å². The average molecular weight is 431 g/mol. The Balaban J connectivity index is 1.67. The Labute approximate surface area is 177 Å². The lowest BCUT2D eigenvalue weighted by atomic mass is 9.95. The summed E-state index contributed by atoms with van der Waals surface area (Å²) in [5.41, 5.74) is 7.79. The third-order valence-corrected chi connectivity index (χ3v) is 7.53. The molecule has 1 saturated heterocycles. The number of hydrogen-bond acceptors (Lipinski definition) is 7. The summed E-state index contributed by atoms with van der Waals surface area (Å²) >= 11 is 2.72. The number of ether oxygens (including phenoxy) is 1. The normalized spacial score (nSPS) is 18.8. The van der Waals surface area contributed by atoms with Gasteiger partial charge in [-0.05, 0) is 56.4 Å². The van der Waals surface area contributed by atoms with Gasteiger partial charge in [-0.3, -0.25) is 9.59 Å². The van der Waals surface area contributed by atoms with Crippen molar-refractivity contribution in [2.45, 2.75) is 49.2 Å². The van der Waals surface area contributed by atoms with Crippen molar-refractivity contribution in [2.75, 3.05) is 17.2 Å². The number of nitrogen functional groups attached to an aromatic ring is 1. The number of aryl methyl sites for hydroxylation is 1.